The minimum Gasteiger partial charge on any atom is -0.496 e. The number of methoxy groups -OCH3 is 2. The molecule has 132 valence electrons. The maximum atomic E-state index is 12.6. The van der Waals surface area contributed by atoms with E-state index in [1.54, 1.807) is 18.2 Å². The van der Waals surface area contributed by atoms with Crippen LogP contribution in [-0.2, 0) is 4.74 Å². The molecular weight excluding hydrogens is 308 g/mol. The summed E-state index contributed by atoms with van der Waals surface area (Å²) < 4.78 is 16.2. The average molecular weight is 334 g/mol. The molecule has 1 amide bonds. The van der Waals surface area contributed by atoms with E-state index in [2.05, 4.69) is 31.0 Å². The number of carbonyl (C=O) groups is 1. The Bertz CT molecular complexity index is 601. The Kier molecular flexibility index (Phi) is 5.59. The summed E-state index contributed by atoms with van der Waals surface area (Å²) in [6, 6.07) is 5.22. The minimum absolute atomic E-state index is 0.00854. The van der Waals surface area contributed by atoms with Crippen LogP contribution < -0.4 is 14.8 Å². The number of benzene rings is 1. The van der Waals surface area contributed by atoms with Gasteiger partial charge in [0.25, 0.3) is 5.91 Å². The molecule has 0 bridgehead atoms. The molecule has 0 saturated heterocycles. The van der Waals surface area contributed by atoms with Crippen LogP contribution in [0.25, 0.3) is 0 Å². The number of hydrogen-bond acceptors (Lipinski definition) is 5. The van der Waals surface area contributed by atoms with Crippen molar-refractivity contribution in [3.05, 3.63) is 35.8 Å². The Morgan fingerprint density at radius 3 is 2.33 bits per heavy atom. The zero-order valence-electron chi connectivity index (χ0n) is 15.0. The van der Waals surface area contributed by atoms with Crippen molar-refractivity contribution >= 4 is 5.91 Å². The summed E-state index contributed by atoms with van der Waals surface area (Å²) in [5.74, 6) is 1.01. The van der Waals surface area contributed by atoms with Crippen molar-refractivity contribution in [3.8, 4) is 11.5 Å². The van der Waals surface area contributed by atoms with E-state index in [1.807, 2.05) is 6.20 Å². The van der Waals surface area contributed by atoms with Crippen molar-refractivity contribution in [2.75, 3.05) is 21.0 Å². The number of hydrogen-bond donors (Lipinski definition) is 1. The van der Waals surface area contributed by atoms with Crippen molar-refractivity contribution in [3.63, 3.8) is 0 Å². The molecule has 1 aliphatic rings. The fourth-order valence-corrected chi connectivity index (χ4v) is 2.64. The van der Waals surface area contributed by atoms with Gasteiger partial charge < -0.3 is 19.1 Å². The Hall–Kier alpha value is -2.37. The predicted octanol–water partition coefficient (Wildman–Crippen LogP) is 3.10. The predicted molar refractivity (Wildman–Crippen MR) is 91.9 cm³/mol. The lowest BCUT2D eigenvalue weighted by molar-refractivity contribution is 0.0621. The first kappa shape index (κ1) is 18.0. The van der Waals surface area contributed by atoms with Gasteiger partial charge in [-0.15, -0.1) is 0 Å². The first-order chi connectivity index (χ1) is 11.5. The zero-order valence-corrected chi connectivity index (χ0v) is 15.0. The van der Waals surface area contributed by atoms with Crippen molar-refractivity contribution in [1.82, 2.24) is 10.2 Å². The van der Waals surface area contributed by atoms with E-state index in [9.17, 15) is 4.79 Å². The summed E-state index contributed by atoms with van der Waals surface area (Å²) in [4.78, 5) is 14.8. The van der Waals surface area contributed by atoms with Crippen molar-refractivity contribution in [1.29, 1.82) is 0 Å². The van der Waals surface area contributed by atoms with Crippen LogP contribution in [0.1, 0.15) is 44.0 Å². The van der Waals surface area contributed by atoms with E-state index in [0.29, 0.717) is 29.7 Å². The second-order valence-electron chi connectivity index (χ2n) is 5.93. The highest BCUT2D eigenvalue weighted by atomic mass is 16.5. The molecule has 0 aromatic heterocycles. The zero-order chi connectivity index (χ0) is 17.7. The molecular formula is C18H26N2O4. The number of rotatable bonds is 7. The third-order valence-corrected chi connectivity index (χ3v) is 4.74. The molecule has 0 spiro atoms. The molecule has 1 heterocycles. The smallest absolute Gasteiger partial charge is 0.265 e. The van der Waals surface area contributed by atoms with E-state index in [4.69, 9.17) is 14.2 Å². The maximum Gasteiger partial charge on any atom is 0.265 e. The summed E-state index contributed by atoms with van der Waals surface area (Å²) in [6.07, 6.45) is 3.84. The van der Waals surface area contributed by atoms with Gasteiger partial charge in [0.2, 0.25) is 5.88 Å². The minimum atomic E-state index is -0.327. The number of ether oxygens (including phenoxy) is 3. The van der Waals surface area contributed by atoms with Gasteiger partial charge in [-0.2, -0.15) is 0 Å². The summed E-state index contributed by atoms with van der Waals surface area (Å²) in [5, 5.41) is 2.79. The van der Waals surface area contributed by atoms with Crippen LogP contribution in [-0.4, -0.2) is 37.3 Å². The molecule has 2 rings (SSSR count). The third-order valence-electron chi connectivity index (χ3n) is 4.74. The van der Waals surface area contributed by atoms with E-state index in [-0.39, 0.29) is 11.4 Å². The highest BCUT2D eigenvalue weighted by Crippen LogP contribution is 2.30. The normalized spacial score (nSPS) is 14.0. The van der Waals surface area contributed by atoms with Crippen LogP contribution in [0.3, 0.4) is 0 Å². The van der Waals surface area contributed by atoms with E-state index < -0.39 is 0 Å². The molecule has 1 N–H and O–H groups in total. The SMILES string of the molecule is CCC(C)(CC)N1C=C(NC(=O)c2c(OC)cccc2OC)OC1. The monoisotopic (exact) mass is 334 g/mol. The van der Waals surface area contributed by atoms with Crippen molar-refractivity contribution in [2.24, 2.45) is 0 Å². The first-order valence-corrected chi connectivity index (χ1v) is 8.12. The van der Waals surface area contributed by atoms with Gasteiger partial charge in [-0.05, 0) is 31.9 Å². The molecule has 0 unspecified atom stereocenters. The summed E-state index contributed by atoms with van der Waals surface area (Å²) in [5.41, 5.74) is 0.355. The Balaban J connectivity index is 2.20. The molecule has 0 radical (unpaired) electrons. The van der Waals surface area contributed by atoms with Crippen LogP contribution in [0.15, 0.2) is 30.3 Å². The highest BCUT2D eigenvalue weighted by Gasteiger charge is 2.31. The summed E-state index contributed by atoms with van der Waals surface area (Å²) in [6.45, 7) is 6.90. The highest BCUT2D eigenvalue weighted by molar-refractivity contribution is 6.00. The lowest BCUT2D eigenvalue weighted by Crippen LogP contribution is -2.41. The first-order valence-electron chi connectivity index (χ1n) is 8.12. The van der Waals surface area contributed by atoms with Crippen molar-refractivity contribution < 1.29 is 19.0 Å². The molecule has 1 aromatic rings. The molecule has 0 aliphatic carbocycles. The second kappa shape index (κ2) is 7.47. The van der Waals surface area contributed by atoms with Gasteiger partial charge in [0.1, 0.15) is 17.1 Å². The van der Waals surface area contributed by atoms with Gasteiger partial charge in [-0.25, -0.2) is 0 Å². The van der Waals surface area contributed by atoms with Crippen molar-refractivity contribution in [2.45, 2.75) is 39.2 Å². The summed E-state index contributed by atoms with van der Waals surface area (Å²) >= 11 is 0. The van der Waals surface area contributed by atoms with Crippen LogP contribution in [0, 0.1) is 0 Å². The van der Waals surface area contributed by atoms with Gasteiger partial charge in [0, 0.05) is 5.54 Å². The average Bonchev–Trinajstić information content (AvgIpc) is 3.09. The van der Waals surface area contributed by atoms with Gasteiger partial charge >= 0.3 is 0 Å². The Morgan fingerprint density at radius 2 is 1.83 bits per heavy atom. The fourth-order valence-electron chi connectivity index (χ4n) is 2.64. The molecule has 0 saturated carbocycles. The second-order valence-corrected chi connectivity index (χ2v) is 5.93. The van der Waals surface area contributed by atoms with Crippen LogP contribution >= 0.6 is 0 Å². The number of carbonyl (C=O) groups excluding carboxylic acids is 1. The third kappa shape index (κ3) is 3.42. The molecule has 0 atom stereocenters. The summed E-state index contributed by atoms with van der Waals surface area (Å²) in [7, 11) is 3.04. The van der Waals surface area contributed by atoms with E-state index in [0.717, 1.165) is 12.8 Å². The van der Waals surface area contributed by atoms with Crippen LogP contribution in [0.2, 0.25) is 0 Å². The maximum absolute atomic E-state index is 12.6. The Labute approximate surface area is 143 Å². The van der Waals surface area contributed by atoms with E-state index >= 15 is 0 Å². The topological polar surface area (TPSA) is 60.0 Å². The van der Waals surface area contributed by atoms with E-state index in [1.165, 1.54) is 14.2 Å². The number of amides is 1. The molecule has 24 heavy (non-hydrogen) atoms. The molecule has 0 fully saturated rings. The fraction of sp³-hybridized carbons (Fsp3) is 0.500. The molecule has 1 aliphatic heterocycles. The largest absolute Gasteiger partial charge is 0.496 e. The molecule has 6 heteroatoms. The molecule has 1 aromatic carbocycles. The lowest BCUT2D eigenvalue weighted by Gasteiger charge is -2.36. The standard InChI is InChI=1S/C18H26N2O4/c1-6-18(3,7-2)20-11-15(24-12-20)19-17(21)16-13(22-4)9-8-10-14(16)23-5/h8-11H,6-7,12H2,1-5H3,(H,19,21). The van der Waals surface area contributed by atoms with Gasteiger partial charge in [0.05, 0.1) is 20.4 Å². The number of nitrogens with zero attached hydrogens (tertiary/aromatic N) is 1. The van der Waals surface area contributed by atoms with Gasteiger partial charge in [0.15, 0.2) is 6.73 Å². The lowest BCUT2D eigenvalue weighted by atomic mass is 9.94. The van der Waals surface area contributed by atoms with Crippen LogP contribution in [0.5, 0.6) is 11.5 Å². The number of nitrogens with one attached hydrogen (secondary N) is 1. The van der Waals surface area contributed by atoms with Gasteiger partial charge in [-0.1, -0.05) is 19.9 Å². The Morgan fingerprint density at radius 1 is 1.25 bits per heavy atom. The van der Waals surface area contributed by atoms with Gasteiger partial charge in [-0.3, -0.25) is 10.1 Å². The molecule has 6 nitrogen and oxygen atoms in total. The van der Waals surface area contributed by atoms with Crippen LogP contribution in [0.4, 0.5) is 0 Å². The quantitative estimate of drug-likeness (QED) is 0.830.